The molecule has 1 aliphatic carbocycles. The number of ketones is 1. The highest BCUT2D eigenvalue weighted by atomic mass is 32.1. The summed E-state index contributed by atoms with van der Waals surface area (Å²) in [6.07, 6.45) is 0.674. The van der Waals surface area contributed by atoms with E-state index in [0.29, 0.717) is 24.4 Å². The van der Waals surface area contributed by atoms with Crippen molar-refractivity contribution >= 4 is 45.2 Å². The van der Waals surface area contributed by atoms with E-state index in [2.05, 4.69) is 39.6 Å². The van der Waals surface area contributed by atoms with Crippen molar-refractivity contribution in [1.29, 1.82) is 0 Å². The Morgan fingerprint density at radius 2 is 1.62 bits per heavy atom. The van der Waals surface area contributed by atoms with Gasteiger partial charge < -0.3 is 21.5 Å². The molecule has 10 heteroatoms. The van der Waals surface area contributed by atoms with Gasteiger partial charge in [0.2, 0.25) is 11.7 Å². The summed E-state index contributed by atoms with van der Waals surface area (Å²) in [5, 5.41) is 3.15. The Bertz CT molecular complexity index is 1570. The second-order valence-corrected chi connectivity index (χ2v) is 11.4. The molecule has 3 aromatic carbocycles. The number of thiazole rings is 1. The number of nitrogens with zero attached hydrogens (tertiary/aromatic N) is 2. The Morgan fingerprint density at radius 3 is 2.29 bits per heavy atom. The van der Waals surface area contributed by atoms with Crippen molar-refractivity contribution in [2.45, 2.75) is 38.1 Å². The largest absolute Gasteiger partial charge is 0.465 e. The van der Waals surface area contributed by atoms with Crippen molar-refractivity contribution in [2.24, 2.45) is 22.4 Å². The molecule has 0 bridgehead atoms. The number of nitrogens with two attached hydrogens (primary N) is 2. The number of nitrogens with one attached hydrogen (secondary N) is 1. The Balaban J connectivity index is 1.21. The molecule has 1 heterocycles. The summed E-state index contributed by atoms with van der Waals surface area (Å²) in [7, 11) is 0. The van der Waals surface area contributed by atoms with Crippen LogP contribution >= 0.6 is 11.3 Å². The zero-order valence-electron chi connectivity index (χ0n) is 23.3. The fourth-order valence-corrected chi connectivity index (χ4v) is 6.19. The van der Waals surface area contributed by atoms with Gasteiger partial charge in [-0.25, -0.2) is 4.98 Å². The number of rotatable bonds is 12. The monoisotopic (exact) mass is 583 g/mol. The second-order valence-electron chi connectivity index (χ2n) is 10.4. The van der Waals surface area contributed by atoms with E-state index in [1.54, 1.807) is 6.92 Å². The number of para-hydroxylation sites is 1. The van der Waals surface area contributed by atoms with Gasteiger partial charge in [-0.2, -0.15) is 0 Å². The highest BCUT2D eigenvalue weighted by Gasteiger charge is 2.30. The minimum absolute atomic E-state index is 0.0372. The van der Waals surface area contributed by atoms with Gasteiger partial charge in [-0.15, -0.1) is 11.3 Å². The zero-order valence-corrected chi connectivity index (χ0v) is 24.1. The van der Waals surface area contributed by atoms with Gasteiger partial charge in [0.1, 0.15) is 6.61 Å². The van der Waals surface area contributed by atoms with Gasteiger partial charge in [-0.3, -0.25) is 19.4 Å². The molecule has 0 radical (unpaired) electrons. The lowest BCUT2D eigenvalue weighted by Gasteiger charge is -2.19. The molecule has 0 unspecified atom stereocenters. The minimum Gasteiger partial charge on any atom is -0.465 e. The molecule has 4 aromatic rings. The van der Waals surface area contributed by atoms with Crippen LogP contribution in [0.4, 0.5) is 0 Å². The predicted molar refractivity (Wildman–Crippen MR) is 164 cm³/mol. The molecular formula is C32H33N5O4S. The number of carbonyl (C=O) groups excluding carboxylic acids is 3. The van der Waals surface area contributed by atoms with Crippen molar-refractivity contribution in [3.05, 3.63) is 88.9 Å². The lowest BCUT2D eigenvalue weighted by Crippen LogP contribution is -2.43. The summed E-state index contributed by atoms with van der Waals surface area (Å²) in [6, 6.07) is 22.9. The number of amides is 1. The topological polar surface area (TPSA) is 150 Å². The molecule has 0 spiro atoms. The standard InChI is InChI=1S/C32H33N5O4S/c1-19(17-28(38)41-18-24-22-11-4-2-9-20(22)21-10-3-5-12-23(21)24)30(40)36-26(14-8-16-35-32(33)34)29(39)31-37-25-13-6-7-15-27(25)42-31/h2-7,9-13,15,19,24,26H,8,14,16-18H2,1H3,(H,36,40)(H4,33,34,35)/t19-,26-/m0/s1. The summed E-state index contributed by atoms with van der Waals surface area (Å²) in [5.41, 5.74) is 16.1. The number of guanidine groups is 1. The maximum Gasteiger partial charge on any atom is 0.306 e. The molecule has 1 aromatic heterocycles. The number of carbonyl (C=O) groups is 3. The molecule has 0 fully saturated rings. The van der Waals surface area contributed by atoms with Crippen LogP contribution in [0.1, 0.15) is 53.0 Å². The normalized spacial score (nSPS) is 13.5. The number of ether oxygens (including phenoxy) is 1. The Morgan fingerprint density at radius 1 is 0.976 bits per heavy atom. The van der Waals surface area contributed by atoms with Crippen LogP contribution < -0.4 is 16.8 Å². The van der Waals surface area contributed by atoms with Crippen LogP contribution in [-0.2, 0) is 14.3 Å². The number of hydrogen-bond acceptors (Lipinski definition) is 7. The summed E-state index contributed by atoms with van der Waals surface area (Å²) in [4.78, 5) is 47.9. The second kappa shape index (κ2) is 12.9. The maximum absolute atomic E-state index is 13.4. The van der Waals surface area contributed by atoms with Crippen molar-refractivity contribution in [3.63, 3.8) is 0 Å². The lowest BCUT2D eigenvalue weighted by molar-refractivity contribution is -0.147. The van der Waals surface area contributed by atoms with Crippen LogP contribution in [0.25, 0.3) is 21.3 Å². The zero-order chi connectivity index (χ0) is 29.6. The SMILES string of the molecule is C[C@@H](CC(=O)OCC1c2ccccc2-c2ccccc21)C(=O)N[C@@H](CCCN=C(N)N)C(=O)c1nc2ccccc2s1. The van der Waals surface area contributed by atoms with Crippen molar-refractivity contribution in [3.8, 4) is 11.1 Å². The van der Waals surface area contributed by atoms with Crippen LogP contribution in [0, 0.1) is 5.92 Å². The van der Waals surface area contributed by atoms with Crippen molar-refractivity contribution < 1.29 is 19.1 Å². The molecule has 2 atom stereocenters. The van der Waals surface area contributed by atoms with Crippen LogP contribution in [0.15, 0.2) is 77.8 Å². The summed E-state index contributed by atoms with van der Waals surface area (Å²) < 4.78 is 6.57. The maximum atomic E-state index is 13.4. The average Bonchev–Trinajstić information content (AvgIpc) is 3.56. The van der Waals surface area contributed by atoms with Gasteiger partial charge in [-0.1, -0.05) is 67.6 Å². The van der Waals surface area contributed by atoms with Gasteiger partial charge in [0, 0.05) is 18.4 Å². The number of benzene rings is 3. The molecule has 42 heavy (non-hydrogen) atoms. The summed E-state index contributed by atoms with van der Waals surface area (Å²) in [6.45, 7) is 2.15. The number of aliphatic imine (C=N–C) groups is 1. The highest BCUT2D eigenvalue weighted by Crippen LogP contribution is 2.44. The summed E-state index contributed by atoms with van der Waals surface area (Å²) >= 11 is 1.28. The van der Waals surface area contributed by atoms with E-state index in [1.807, 2.05) is 48.5 Å². The third-order valence-electron chi connectivity index (χ3n) is 7.38. The van der Waals surface area contributed by atoms with Crippen LogP contribution in [0.2, 0.25) is 0 Å². The molecule has 1 aliphatic rings. The van der Waals surface area contributed by atoms with Gasteiger partial charge in [-0.05, 0) is 47.2 Å². The number of Topliss-reactive ketones (excluding diaryl/α,β-unsaturated/α-hetero) is 1. The van der Waals surface area contributed by atoms with E-state index >= 15 is 0 Å². The first kappa shape index (κ1) is 28.9. The van der Waals surface area contributed by atoms with E-state index in [0.717, 1.165) is 32.5 Å². The quantitative estimate of drug-likeness (QED) is 0.0736. The van der Waals surface area contributed by atoms with E-state index in [9.17, 15) is 14.4 Å². The Kier molecular flexibility index (Phi) is 8.92. The smallest absolute Gasteiger partial charge is 0.306 e. The highest BCUT2D eigenvalue weighted by molar-refractivity contribution is 7.20. The fourth-order valence-electron chi connectivity index (χ4n) is 5.23. The number of fused-ring (bicyclic) bond motifs is 4. The third-order valence-corrected chi connectivity index (χ3v) is 8.43. The van der Waals surface area contributed by atoms with Gasteiger partial charge in [0.25, 0.3) is 0 Å². The van der Waals surface area contributed by atoms with E-state index in [-0.39, 0.29) is 30.7 Å². The molecule has 0 saturated heterocycles. The molecule has 9 nitrogen and oxygen atoms in total. The van der Waals surface area contributed by atoms with Gasteiger partial charge in [0.15, 0.2) is 11.0 Å². The predicted octanol–water partition coefficient (Wildman–Crippen LogP) is 4.40. The van der Waals surface area contributed by atoms with Crippen LogP contribution in [0.5, 0.6) is 0 Å². The Hall–Kier alpha value is -4.57. The fraction of sp³-hybridized carbons (Fsp3) is 0.281. The molecular weight excluding hydrogens is 550 g/mol. The van der Waals surface area contributed by atoms with Crippen molar-refractivity contribution in [2.75, 3.05) is 13.2 Å². The number of aromatic nitrogens is 1. The van der Waals surface area contributed by atoms with Gasteiger partial charge in [0.05, 0.1) is 22.7 Å². The summed E-state index contributed by atoms with van der Waals surface area (Å²) in [5.74, 6) is -1.98. The van der Waals surface area contributed by atoms with E-state index in [4.69, 9.17) is 16.2 Å². The third kappa shape index (κ3) is 6.49. The molecule has 0 aliphatic heterocycles. The first-order valence-electron chi connectivity index (χ1n) is 13.9. The molecule has 5 N–H and O–H groups in total. The van der Waals surface area contributed by atoms with E-state index < -0.39 is 23.8 Å². The number of hydrogen-bond donors (Lipinski definition) is 3. The van der Waals surface area contributed by atoms with Crippen LogP contribution in [-0.4, -0.2) is 47.8 Å². The van der Waals surface area contributed by atoms with Crippen molar-refractivity contribution in [1.82, 2.24) is 10.3 Å². The molecule has 1 amide bonds. The average molecular weight is 584 g/mol. The number of esters is 1. The lowest BCUT2D eigenvalue weighted by atomic mass is 9.98. The van der Waals surface area contributed by atoms with Gasteiger partial charge >= 0.3 is 5.97 Å². The molecule has 5 rings (SSSR count). The van der Waals surface area contributed by atoms with Crippen LogP contribution in [0.3, 0.4) is 0 Å². The first-order valence-corrected chi connectivity index (χ1v) is 14.7. The Labute approximate surface area is 248 Å². The molecule has 0 saturated carbocycles. The minimum atomic E-state index is -0.836. The van der Waals surface area contributed by atoms with E-state index in [1.165, 1.54) is 11.3 Å². The molecule has 216 valence electrons. The first-order chi connectivity index (χ1) is 20.3.